The predicted octanol–water partition coefficient (Wildman–Crippen LogP) is 4.09. The summed E-state index contributed by atoms with van der Waals surface area (Å²) < 4.78 is 5.41. The van der Waals surface area contributed by atoms with Crippen LogP contribution in [0.2, 0.25) is 10.0 Å². The van der Waals surface area contributed by atoms with Crippen LogP contribution in [0.15, 0.2) is 77.9 Å². The van der Waals surface area contributed by atoms with Crippen molar-refractivity contribution in [1.29, 1.82) is 0 Å². The van der Waals surface area contributed by atoms with Gasteiger partial charge >= 0.3 is 5.97 Å². The molecular weight excluding hydrogens is 453 g/mol. The molecular formula is C23H17Cl2N3O4. The molecule has 7 nitrogen and oxygen atoms in total. The first-order valence-corrected chi connectivity index (χ1v) is 10.1. The normalized spacial score (nSPS) is 10.6. The van der Waals surface area contributed by atoms with Crippen LogP contribution < -0.4 is 15.5 Å². The van der Waals surface area contributed by atoms with E-state index in [1.165, 1.54) is 6.21 Å². The Morgan fingerprint density at radius 2 is 1.44 bits per heavy atom. The molecule has 0 fully saturated rings. The number of esters is 1. The maximum atomic E-state index is 12.3. The number of hydrazone groups is 1. The van der Waals surface area contributed by atoms with E-state index in [1.54, 1.807) is 72.8 Å². The van der Waals surface area contributed by atoms with Crippen molar-refractivity contribution in [2.45, 2.75) is 0 Å². The fourth-order valence-electron chi connectivity index (χ4n) is 2.50. The third kappa shape index (κ3) is 6.66. The molecule has 0 saturated heterocycles. The van der Waals surface area contributed by atoms with Gasteiger partial charge in [0.05, 0.1) is 18.3 Å². The molecule has 0 aliphatic carbocycles. The Morgan fingerprint density at radius 1 is 0.844 bits per heavy atom. The van der Waals surface area contributed by atoms with Crippen molar-refractivity contribution in [2.75, 3.05) is 6.54 Å². The lowest BCUT2D eigenvalue weighted by molar-refractivity contribution is -0.120. The molecule has 2 N–H and O–H groups in total. The zero-order valence-corrected chi connectivity index (χ0v) is 18.1. The van der Waals surface area contributed by atoms with Crippen molar-refractivity contribution in [3.05, 3.63) is 99.5 Å². The number of carbonyl (C=O) groups is 3. The second-order valence-electron chi connectivity index (χ2n) is 6.42. The molecule has 0 aromatic heterocycles. The number of hydrogen-bond acceptors (Lipinski definition) is 5. The van der Waals surface area contributed by atoms with Crippen molar-refractivity contribution in [3.8, 4) is 5.75 Å². The van der Waals surface area contributed by atoms with Gasteiger partial charge in [-0.2, -0.15) is 5.10 Å². The van der Waals surface area contributed by atoms with E-state index in [2.05, 4.69) is 15.8 Å². The Hall–Kier alpha value is -3.68. The molecule has 0 aliphatic heterocycles. The van der Waals surface area contributed by atoms with E-state index in [-0.39, 0.29) is 12.3 Å². The van der Waals surface area contributed by atoms with Crippen LogP contribution in [-0.2, 0) is 4.79 Å². The maximum absolute atomic E-state index is 12.3. The Morgan fingerprint density at radius 3 is 2.09 bits per heavy atom. The average Bonchev–Trinajstić information content (AvgIpc) is 2.79. The van der Waals surface area contributed by atoms with Gasteiger partial charge in [0, 0.05) is 21.2 Å². The molecule has 0 aliphatic rings. The average molecular weight is 470 g/mol. The SMILES string of the molecule is O=C(CNC(=O)c1ccc(Cl)cc1)N/N=C/c1ccccc1OC(=O)c1ccc(Cl)cc1. The number of ether oxygens (including phenoxy) is 1. The van der Waals surface area contributed by atoms with E-state index in [0.717, 1.165) is 0 Å². The molecule has 0 spiro atoms. The first-order chi connectivity index (χ1) is 15.4. The van der Waals surface area contributed by atoms with Crippen LogP contribution in [0.25, 0.3) is 0 Å². The molecule has 3 aromatic rings. The zero-order valence-electron chi connectivity index (χ0n) is 16.5. The van der Waals surface area contributed by atoms with Crippen LogP contribution in [0.4, 0.5) is 0 Å². The third-order valence-electron chi connectivity index (χ3n) is 4.11. The van der Waals surface area contributed by atoms with Gasteiger partial charge in [0.2, 0.25) is 0 Å². The third-order valence-corrected chi connectivity index (χ3v) is 4.61. The first-order valence-electron chi connectivity index (χ1n) is 9.35. The predicted molar refractivity (Wildman–Crippen MR) is 122 cm³/mol. The highest BCUT2D eigenvalue weighted by atomic mass is 35.5. The number of carbonyl (C=O) groups excluding carboxylic acids is 3. The van der Waals surface area contributed by atoms with Crippen LogP contribution in [0.1, 0.15) is 26.3 Å². The molecule has 0 saturated carbocycles. The van der Waals surface area contributed by atoms with Crippen LogP contribution in [-0.4, -0.2) is 30.5 Å². The van der Waals surface area contributed by atoms with E-state index >= 15 is 0 Å². The number of halogens is 2. The summed E-state index contributed by atoms with van der Waals surface area (Å²) in [6.45, 7) is -0.272. The molecule has 0 heterocycles. The number of para-hydroxylation sites is 1. The minimum atomic E-state index is -0.559. The lowest BCUT2D eigenvalue weighted by Crippen LogP contribution is -2.34. The van der Waals surface area contributed by atoms with Gasteiger partial charge in [-0.3, -0.25) is 9.59 Å². The molecule has 0 bridgehead atoms. The van der Waals surface area contributed by atoms with E-state index in [0.29, 0.717) is 26.7 Å². The standard InChI is InChI=1S/C23H17Cl2N3O4/c24-18-9-5-15(6-10-18)22(30)26-14-21(29)28-27-13-17-3-1-2-4-20(17)32-23(31)16-7-11-19(25)12-8-16/h1-13H,14H2,(H,26,30)(H,28,29)/b27-13+. The highest BCUT2D eigenvalue weighted by Gasteiger charge is 2.11. The molecule has 0 unspecified atom stereocenters. The minimum absolute atomic E-state index is 0.265. The molecule has 3 rings (SSSR count). The molecule has 9 heteroatoms. The Bertz CT molecular complexity index is 1150. The maximum Gasteiger partial charge on any atom is 0.343 e. The lowest BCUT2D eigenvalue weighted by atomic mass is 10.2. The van der Waals surface area contributed by atoms with Gasteiger partial charge in [-0.15, -0.1) is 0 Å². The molecule has 0 atom stereocenters. The van der Waals surface area contributed by atoms with Crippen LogP contribution in [0.5, 0.6) is 5.75 Å². The monoisotopic (exact) mass is 469 g/mol. The summed E-state index contributed by atoms with van der Waals surface area (Å²) in [6, 6.07) is 19.3. The second kappa shape index (κ2) is 11.1. The fourth-order valence-corrected chi connectivity index (χ4v) is 2.75. The summed E-state index contributed by atoms with van der Waals surface area (Å²) in [5, 5.41) is 7.35. The number of benzene rings is 3. The van der Waals surface area contributed by atoms with E-state index in [1.807, 2.05) is 0 Å². The minimum Gasteiger partial charge on any atom is -0.422 e. The van der Waals surface area contributed by atoms with Gasteiger partial charge in [-0.05, 0) is 60.7 Å². The summed E-state index contributed by atoms with van der Waals surface area (Å²) in [4.78, 5) is 36.3. The van der Waals surface area contributed by atoms with Crippen molar-refractivity contribution >= 4 is 47.2 Å². The number of amides is 2. The Kier molecular flexibility index (Phi) is 7.96. The van der Waals surface area contributed by atoms with Gasteiger partial charge in [0.25, 0.3) is 11.8 Å². The van der Waals surface area contributed by atoms with E-state index < -0.39 is 17.8 Å². The Labute approximate surface area is 194 Å². The largest absolute Gasteiger partial charge is 0.422 e. The van der Waals surface area contributed by atoms with Gasteiger partial charge in [-0.25, -0.2) is 10.2 Å². The molecule has 32 heavy (non-hydrogen) atoms. The highest BCUT2D eigenvalue weighted by molar-refractivity contribution is 6.31. The van der Waals surface area contributed by atoms with E-state index in [4.69, 9.17) is 27.9 Å². The molecule has 0 radical (unpaired) electrons. The van der Waals surface area contributed by atoms with Gasteiger partial charge in [0.1, 0.15) is 5.75 Å². The molecule has 162 valence electrons. The fraction of sp³-hybridized carbons (Fsp3) is 0.0435. The number of nitrogens with zero attached hydrogens (tertiary/aromatic N) is 1. The summed E-state index contributed by atoms with van der Waals surface area (Å²) in [5.41, 5.74) is 3.49. The van der Waals surface area contributed by atoms with Crippen molar-refractivity contribution < 1.29 is 19.1 Å². The summed E-state index contributed by atoms with van der Waals surface area (Å²) in [5.74, 6) is -1.24. The van der Waals surface area contributed by atoms with Crippen molar-refractivity contribution in [1.82, 2.24) is 10.7 Å². The summed E-state index contributed by atoms with van der Waals surface area (Å²) in [6.07, 6.45) is 1.34. The molecule has 2 amide bonds. The van der Waals surface area contributed by atoms with Crippen LogP contribution in [0.3, 0.4) is 0 Å². The van der Waals surface area contributed by atoms with Crippen molar-refractivity contribution in [2.24, 2.45) is 5.10 Å². The lowest BCUT2D eigenvalue weighted by Gasteiger charge is -2.07. The van der Waals surface area contributed by atoms with Crippen molar-refractivity contribution in [3.63, 3.8) is 0 Å². The van der Waals surface area contributed by atoms with Gasteiger partial charge < -0.3 is 10.1 Å². The van der Waals surface area contributed by atoms with Gasteiger partial charge in [-0.1, -0.05) is 35.3 Å². The Balaban J connectivity index is 1.54. The highest BCUT2D eigenvalue weighted by Crippen LogP contribution is 2.18. The zero-order chi connectivity index (χ0) is 22.9. The second-order valence-corrected chi connectivity index (χ2v) is 7.29. The van der Waals surface area contributed by atoms with Gasteiger partial charge in [0.15, 0.2) is 0 Å². The summed E-state index contributed by atoms with van der Waals surface area (Å²) in [7, 11) is 0. The number of nitrogens with one attached hydrogen (secondary N) is 2. The summed E-state index contributed by atoms with van der Waals surface area (Å²) >= 11 is 11.6. The topological polar surface area (TPSA) is 96.9 Å². The quantitative estimate of drug-likeness (QED) is 0.235. The smallest absolute Gasteiger partial charge is 0.343 e. The molecule has 3 aromatic carbocycles. The van der Waals surface area contributed by atoms with E-state index in [9.17, 15) is 14.4 Å². The number of hydrogen-bond donors (Lipinski definition) is 2. The first kappa shape index (κ1) is 23.0. The van der Waals surface area contributed by atoms with Crippen LogP contribution in [0, 0.1) is 0 Å². The number of rotatable bonds is 7. The van der Waals surface area contributed by atoms with Crippen LogP contribution >= 0.6 is 23.2 Å².